The van der Waals surface area contributed by atoms with E-state index < -0.39 is 0 Å². The molecule has 0 fully saturated rings. The molecular weight excluding hydrogens is 482 g/mol. The number of hydrogen-bond acceptors (Lipinski definition) is 0. The van der Waals surface area contributed by atoms with E-state index in [1.807, 2.05) is 0 Å². The van der Waals surface area contributed by atoms with Crippen molar-refractivity contribution in [2.45, 2.75) is 110 Å². The van der Waals surface area contributed by atoms with E-state index in [0.717, 1.165) is 0 Å². The van der Waals surface area contributed by atoms with Gasteiger partial charge in [0.1, 0.15) is 0 Å². The summed E-state index contributed by atoms with van der Waals surface area (Å²) >= 11 is 4.92. The minimum Gasteiger partial charge on any atom is -0.0864 e. The molecule has 0 saturated heterocycles. The van der Waals surface area contributed by atoms with Crippen LogP contribution in [0.5, 0.6) is 0 Å². The maximum Gasteiger partial charge on any atom is -0.000473 e. The van der Waals surface area contributed by atoms with Crippen molar-refractivity contribution in [1.29, 1.82) is 0 Å². The van der Waals surface area contributed by atoms with Gasteiger partial charge in [-0.25, -0.2) is 0 Å². The quantitative estimate of drug-likeness (QED) is 0.115. The molecule has 2 heteroatoms. The van der Waals surface area contributed by atoms with Crippen molar-refractivity contribution in [2.24, 2.45) is 0 Å². The first kappa shape index (κ1) is 24.7. The highest BCUT2D eigenvalue weighted by Gasteiger charge is 1.89. The predicted octanol–water partition coefficient (Wildman–Crippen LogP) is 8.73. The lowest BCUT2D eigenvalue weighted by Crippen LogP contribution is -1.80. The highest BCUT2D eigenvalue weighted by molar-refractivity contribution is 14.1. The second kappa shape index (κ2) is 26.4. The van der Waals surface area contributed by atoms with Crippen LogP contribution in [0, 0.1) is 0 Å². The Bertz CT molecular complexity index is 133. The van der Waals surface area contributed by atoms with Crippen LogP contribution in [0.2, 0.25) is 0 Å². The van der Waals surface area contributed by atoms with Gasteiger partial charge in [-0.15, -0.1) is 0 Å². The van der Waals surface area contributed by atoms with E-state index >= 15 is 0 Å². The molecule has 0 amide bonds. The molecular formula is C19H40I2. The Kier molecular flexibility index (Phi) is 31.0. The maximum absolute atomic E-state index is 2.46. The van der Waals surface area contributed by atoms with Crippen LogP contribution in [0.15, 0.2) is 0 Å². The normalized spacial score (nSPS) is 10.3. The van der Waals surface area contributed by atoms with E-state index in [1.165, 1.54) is 105 Å². The summed E-state index contributed by atoms with van der Waals surface area (Å²) in [5.74, 6) is 0. The molecule has 0 unspecified atom stereocenters. The lowest BCUT2D eigenvalue weighted by atomic mass is 10.1. The average molecular weight is 522 g/mol. The first-order chi connectivity index (χ1) is 10.3. The lowest BCUT2D eigenvalue weighted by molar-refractivity contribution is 0.587. The van der Waals surface area contributed by atoms with Crippen LogP contribution in [0.4, 0.5) is 0 Å². The smallest absolute Gasteiger partial charge is 0.000473 e. The molecule has 0 aromatic rings. The molecule has 0 aliphatic carbocycles. The van der Waals surface area contributed by atoms with Crippen molar-refractivity contribution in [1.82, 2.24) is 0 Å². The van der Waals surface area contributed by atoms with Crippen molar-refractivity contribution >= 4 is 45.2 Å². The van der Waals surface area contributed by atoms with Crippen LogP contribution in [0.25, 0.3) is 0 Å². The minimum absolute atomic E-state index is 1.34. The molecule has 0 N–H and O–H groups in total. The number of rotatable bonds is 15. The van der Waals surface area contributed by atoms with Crippen molar-refractivity contribution in [3.8, 4) is 0 Å². The van der Waals surface area contributed by atoms with Gasteiger partial charge in [0, 0.05) is 0 Å². The molecule has 0 aliphatic heterocycles. The topological polar surface area (TPSA) is 0 Å². The number of alkyl halides is 2. The van der Waals surface area contributed by atoms with E-state index in [0.29, 0.717) is 0 Å². The zero-order valence-corrected chi connectivity index (χ0v) is 19.1. The van der Waals surface area contributed by atoms with Gasteiger partial charge in [0.15, 0.2) is 0 Å². The molecule has 0 aliphatic rings. The van der Waals surface area contributed by atoms with Gasteiger partial charge in [0.25, 0.3) is 0 Å². The van der Waals surface area contributed by atoms with E-state index in [1.54, 1.807) is 0 Å². The van der Waals surface area contributed by atoms with Crippen LogP contribution >= 0.6 is 45.2 Å². The third-order valence-corrected chi connectivity index (χ3v) is 5.25. The van der Waals surface area contributed by atoms with Crippen LogP contribution < -0.4 is 0 Å². The fraction of sp³-hybridized carbons (Fsp3) is 1.00. The van der Waals surface area contributed by atoms with Gasteiger partial charge < -0.3 is 0 Å². The summed E-state index contributed by atoms with van der Waals surface area (Å²) < 4.78 is 2.68. The van der Waals surface area contributed by atoms with Crippen LogP contribution in [0.1, 0.15) is 110 Å². The van der Waals surface area contributed by atoms with E-state index in [9.17, 15) is 0 Å². The standard InChI is InChI=1S/C10H21I.C9H19I/c1-2-3-4-5-6-7-8-9-10-11;1-2-3-4-5-6-7-8-9-10/h2-10H2,1H3;2-9H2,1H3. The Morgan fingerprint density at radius 2 is 0.619 bits per heavy atom. The Morgan fingerprint density at radius 1 is 0.381 bits per heavy atom. The summed E-state index contributed by atoms with van der Waals surface area (Å²) in [6.45, 7) is 4.54. The van der Waals surface area contributed by atoms with Gasteiger partial charge in [-0.2, -0.15) is 0 Å². The second-order valence-corrected chi connectivity index (χ2v) is 8.13. The third-order valence-electron chi connectivity index (χ3n) is 3.72. The SMILES string of the molecule is CCCCCCCCCCI.CCCCCCCCCI. The summed E-state index contributed by atoms with van der Waals surface area (Å²) in [6.07, 6.45) is 21.6. The number of unbranched alkanes of at least 4 members (excludes halogenated alkanes) is 13. The Morgan fingerprint density at radius 3 is 0.857 bits per heavy atom. The Hall–Kier alpha value is 1.46. The third kappa shape index (κ3) is 30.0. The monoisotopic (exact) mass is 522 g/mol. The van der Waals surface area contributed by atoms with Gasteiger partial charge in [-0.3, -0.25) is 0 Å². The molecule has 0 rings (SSSR count). The Labute approximate surface area is 163 Å². The maximum atomic E-state index is 2.46. The molecule has 130 valence electrons. The molecule has 0 aromatic carbocycles. The number of hydrogen-bond donors (Lipinski definition) is 0. The molecule has 0 atom stereocenters. The minimum atomic E-state index is 1.34. The zero-order chi connectivity index (χ0) is 16.0. The summed E-state index contributed by atoms with van der Waals surface area (Å²) in [6, 6.07) is 0. The lowest BCUT2D eigenvalue weighted by Gasteiger charge is -1.98. The van der Waals surface area contributed by atoms with Gasteiger partial charge >= 0.3 is 0 Å². The van der Waals surface area contributed by atoms with Crippen LogP contribution in [-0.4, -0.2) is 8.86 Å². The first-order valence-corrected chi connectivity index (χ1v) is 12.5. The molecule has 0 nitrogen and oxygen atoms in total. The molecule has 0 heterocycles. The molecule has 0 radical (unpaired) electrons. The molecule has 0 aromatic heterocycles. The van der Waals surface area contributed by atoms with Gasteiger partial charge in [0.05, 0.1) is 0 Å². The van der Waals surface area contributed by atoms with E-state index in [2.05, 4.69) is 59.0 Å². The fourth-order valence-corrected chi connectivity index (χ4v) is 3.36. The van der Waals surface area contributed by atoms with Gasteiger partial charge in [-0.05, 0) is 21.7 Å². The number of halogens is 2. The van der Waals surface area contributed by atoms with Gasteiger partial charge in [0.2, 0.25) is 0 Å². The Balaban J connectivity index is 0. The molecule has 0 saturated carbocycles. The molecule has 21 heavy (non-hydrogen) atoms. The van der Waals surface area contributed by atoms with Crippen molar-refractivity contribution in [3.63, 3.8) is 0 Å². The highest BCUT2D eigenvalue weighted by Crippen LogP contribution is 2.09. The van der Waals surface area contributed by atoms with E-state index in [-0.39, 0.29) is 0 Å². The largest absolute Gasteiger partial charge is 0.0864 e. The van der Waals surface area contributed by atoms with Gasteiger partial charge in [-0.1, -0.05) is 142 Å². The predicted molar refractivity (Wildman–Crippen MR) is 118 cm³/mol. The second-order valence-electron chi connectivity index (χ2n) is 5.97. The average Bonchev–Trinajstić information content (AvgIpc) is 2.51. The fourth-order valence-electron chi connectivity index (χ4n) is 2.28. The first-order valence-electron chi connectivity index (χ1n) is 9.45. The van der Waals surface area contributed by atoms with Crippen molar-refractivity contribution in [2.75, 3.05) is 8.86 Å². The van der Waals surface area contributed by atoms with Crippen molar-refractivity contribution in [3.05, 3.63) is 0 Å². The van der Waals surface area contributed by atoms with Crippen LogP contribution in [0.3, 0.4) is 0 Å². The van der Waals surface area contributed by atoms with Crippen LogP contribution in [-0.2, 0) is 0 Å². The highest BCUT2D eigenvalue weighted by atomic mass is 127. The van der Waals surface area contributed by atoms with Crippen molar-refractivity contribution < 1.29 is 0 Å². The summed E-state index contributed by atoms with van der Waals surface area (Å²) in [7, 11) is 0. The molecule has 0 spiro atoms. The van der Waals surface area contributed by atoms with E-state index in [4.69, 9.17) is 0 Å². The zero-order valence-electron chi connectivity index (χ0n) is 14.8. The summed E-state index contributed by atoms with van der Waals surface area (Å²) in [5.41, 5.74) is 0. The molecule has 0 bridgehead atoms. The summed E-state index contributed by atoms with van der Waals surface area (Å²) in [4.78, 5) is 0. The summed E-state index contributed by atoms with van der Waals surface area (Å²) in [5, 5.41) is 0.